The number of nitrogens with zero attached hydrogens (tertiary/aromatic N) is 1. The van der Waals surface area contributed by atoms with E-state index in [0.717, 1.165) is 28.3 Å². The maximum absolute atomic E-state index is 12.4. The van der Waals surface area contributed by atoms with Crippen LogP contribution in [0.5, 0.6) is 0 Å². The van der Waals surface area contributed by atoms with Crippen molar-refractivity contribution in [1.29, 1.82) is 0 Å². The van der Waals surface area contributed by atoms with Gasteiger partial charge in [-0.05, 0) is 61.8 Å². The summed E-state index contributed by atoms with van der Waals surface area (Å²) in [6, 6.07) is 1.60. The van der Waals surface area contributed by atoms with E-state index < -0.39 is 10.0 Å². The molecule has 0 aromatic carbocycles. The molecule has 1 atom stereocenters. The van der Waals surface area contributed by atoms with Crippen molar-refractivity contribution in [2.45, 2.75) is 44.0 Å². The van der Waals surface area contributed by atoms with Gasteiger partial charge in [0.1, 0.15) is 0 Å². The second-order valence-corrected chi connectivity index (χ2v) is 9.67. The third-order valence-electron chi connectivity index (χ3n) is 3.47. The molecule has 7 heteroatoms. The average Bonchev–Trinajstić information content (AvgIpc) is 2.69. The Morgan fingerprint density at radius 3 is 2.60 bits per heavy atom. The van der Waals surface area contributed by atoms with Gasteiger partial charge in [0.05, 0.1) is 8.68 Å². The molecule has 1 N–H and O–H groups in total. The fourth-order valence-corrected chi connectivity index (χ4v) is 6.24. The van der Waals surface area contributed by atoms with Crippen molar-refractivity contribution < 1.29 is 8.42 Å². The number of hydrogen-bond acceptors (Lipinski definition) is 4. The van der Waals surface area contributed by atoms with Crippen molar-refractivity contribution in [2.24, 2.45) is 0 Å². The van der Waals surface area contributed by atoms with Gasteiger partial charge < -0.3 is 4.90 Å². The lowest BCUT2D eigenvalue weighted by molar-refractivity contribution is 0.215. The molecule has 0 bridgehead atoms. The Kier molecular flexibility index (Phi) is 5.64. The summed E-state index contributed by atoms with van der Waals surface area (Å²) < 4.78 is 28.4. The first kappa shape index (κ1) is 16.4. The van der Waals surface area contributed by atoms with Crippen LogP contribution in [0.1, 0.15) is 31.1 Å². The SMILES string of the molecule is Cc1sc(Br)cc1S(=O)(=O)NC(C)CN1CCCCC1. The molecule has 2 rings (SSSR count). The molecule has 2 heterocycles. The summed E-state index contributed by atoms with van der Waals surface area (Å²) in [7, 11) is -3.42. The van der Waals surface area contributed by atoms with E-state index in [-0.39, 0.29) is 6.04 Å². The van der Waals surface area contributed by atoms with Gasteiger partial charge in [-0.25, -0.2) is 13.1 Å². The fourth-order valence-electron chi connectivity index (χ4n) is 2.59. The molecule has 1 aliphatic heterocycles. The zero-order valence-corrected chi connectivity index (χ0v) is 15.1. The van der Waals surface area contributed by atoms with E-state index in [2.05, 4.69) is 25.6 Å². The van der Waals surface area contributed by atoms with Crippen molar-refractivity contribution in [3.8, 4) is 0 Å². The first-order valence-electron chi connectivity index (χ1n) is 6.89. The number of sulfonamides is 1. The van der Waals surface area contributed by atoms with Crippen LogP contribution in [0.4, 0.5) is 0 Å². The fraction of sp³-hybridized carbons (Fsp3) is 0.692. The highest BCUT2D eigenvalue weighted by molar-refractivity contribution is 9.11. The maximum Gasteiger partial charge on any atom is 0.241 e. The van der Waals surface area contributed by atoms with Crippen LogP contribution in [-0.2, 0) is 10.0 Å². The zero-order valence-electron chi connectivity index (χ0n) is 11.9. The van der Waals surface area contributed by atoms with Gasteiger partial charge in [-0.3, -0.25) is 0 Å². The molecule has 20 heavy (non-hydrogen) atoms. The Labute approximate surface area is 133 Å². The highest BCUT2D eigenvalue weighted by Gasteiger charge is 2.23. The number of thiophene rings is 1. The smallest absolute Gasteiger partial charge is 0.241 e. The summed E-state index contributed by atoms with van der Waals surface area (Å²) in [5, 5.41) is 0. The van der Waals surface area contributed by atoms with Crippen LogP contribution in [0.25, 0.3) is 0 Å². The van der Waals surface area contributed by atoms with Gasteiger partial charge in [-0.2, -0.15) is 0 Å². The number of hydrogen-bond donors (Lipinski definition) is 1. The second kappa shape index (κ2) is 6.87. The molecule has 114 valence electrons. The lowest BCUT2D eigenvalue weighted by atomic mass is 10.1. The van der Waals surface area contributed by atoms with Crippen molar-refractivity contribution in [3.63, 3.8) is 0 Å². The monoisotopic (exact) mass is 380 g/mol. The van der Waals surface area contributed by atoms with E-state index in [1.165, 1.54) is 30.6 Å². The molecule has 1 unspecified atom stereocenters. The van der Waals surface area contributed by atoms with Crippen LogP contribution in [0.2, 0.25) is 0 Å². The van der Waals surface area contributed by atoms with Crippen molar-refractivity contribution >= 4 is 37.3 Å². The topological polar surface area (TPSA) is 49.4 Å². The molecule has 0 spiro atoms. The van der Waals surface area contributed by atoms with E-state index in [1.807, 2.05) is 13.8 Å². The summed E-state index contributed by atoms with van der Waals surface area (Å²) in [4.78, 5) is 3.54. The predicted octanol–water partition coefficient (Wildman–Crippen LogP) is 2.97. The molecule has 1 aliphatic rings. The van der Waals surface area contributed by atoms with E-state index in [4.69, 9.17) is 0 Å². The molecule has 1 aromatic rings. The summed E-state index contributed by atoms with van der Waals surface area (Å²) in [5.74, 6) is 0. The summed E-state index contributed by atoms with van der Waals surface area (Å²) in [5.41, 5.74) is 0. The standard InChI is InChI=1S/C13H21BrN2O2S2/c1-10(9-16-6-4-3-5-7-16)15-20(17,18)12-8-13(14)19-11(12)2/h8,10,15H,3-7,9H2,1-2H3. The minimum absolute atomic E-state index is 0.0730. The quantitative estimate of drug-likeness (QED) is 0.853. The highest BCUT2D eigenvalue weighted by atomic mass is 79.9. The molecular formula is C13H21BrN2O2S2. The first-order chi connectivity index (χ1) is 9.38. The number of halogens is 1. The minimum atomic E-state index is -3.42. The molecule has 1 aromatic heterocycles. The Morgan fingerprint density at radius 2 is 2.05 bits per heavy atom. The van der Waals surface area contributed by atoms with Crippen LogP contribution in [0, 0.1) is 6.92 Å². The summed E-state index contributed by atoms with van der Waals surface area (Å²) in [6.45, 7) is 6.70. The number of nitrogens with one attached hydrogen (secondary N) is 1. The molecule has 0 saturated carbocycles. The van der Waals surface area contributed by atoms with Gasteiger partial charge in [0.15, 0.2) is 0 Å². The largest absolute Gasteiger partial charge is 0.302 e. The van der Waals surface area contributed by atoms with Crippen molar-refractivity contribution in [1.82, 2.24) is 9.62 Å². The van der Waals surface area contributed by atoms with Crippen LogP contribution in [0.3, 0.4) is 0 Å². The average molecular weight is 381 g/mol. The molecular weight excluding hydrogens is 360 g/mol. The summed E-state index contributed by atoms with van der Waals surface area (Å²) in [6.07, 6.45) is 3.73. The van der Waals surface area contributed by atoms with Gasteiger partial charge in [0.2, 0.25) is 10.0 Å². The molecule has 1 saturated heterocycles. The summed E-state index contributed by atoms with van der Waals surface area (Å²) >= 11 is 4.79. The number of likely N-dealkylation sites (tertiary alicyclic amines) is 1. The molecule has 0 amide bonds. The van der Waals surface area contributed by atoms with Crippen molar-refractivity contribution in [3.05, 3.63) is 14.7 Å². The number of rotatable bonds is 5. The lowest BCUT2D eigenvalue weighted by Gasteiger charge is -2.29. The number of piperidine rings is 1. The Morgan fingerprint density at radius 1 is 1.40 bits per heavy atom. The third kappa shape index (κ3) is 4.27. The molecule has 4 nitrogen and oxygen atoms in total. The van der Waals surface area contributed by atoms with Gasteiger partial charge in [0, 0.05) is 17.5 Å². The Balaban J connectivity index is 1.98. The van der Waals surface area contributed by atoms with Gasteiger partial charge in [-0.15, -0.1) is 11.3 Å². The lowest BCUT2D eigenvalue weighted by Crippen LogP contribution is -2.43. The van der Waals surface area contributed by atoms with Crippen LogP contribution in [-0.4, -0.2) is 39.0 Å². The third-order valence-corrected chi connectivity index (χ3v) is 6.87. The van der Waals surface area contributed by atoms with E-state index in [9.17, 15) is 8.42 Å². The highest BCUT2D eigenvalue weighted by Crippen LogP contribution is 2.29. The van der Waals surface area contributed by atoms with E-state index >= 15 is 0 Å². The first-order valence-corrected chi connectivity index (χ1v) is 9.98. The zero-order chi connectivity index (χ0) is 14.8. The normalized spacial score (nSPS) is 19.1. The van der Waals surface area contributed by atoms with Crippen LogP contribution < -0.4 is 4.72 Å². The minimum Gasteiger partial charge on any atom is -0.302 e. The molecule has 0 aliphatic carbocycles. The van der Waals surface area contributed by atoms with Gasteiger partial charge in [0.25, 0.3) is 0 Å². The van der Waals surface area contributed by atoms with Crippen molar-refractivity contribution in [2.75, 3.05) is 19.6 Å². The molecule has 1 fully saturated rings. The van der Waals surface area contributed by atoms with Gasteiger partial charge in [-0.1, -0.05) is 6.42 Å². The molecule has 0 radical (unpaired) electrons. The van der Waals surface area contributed by atoms with E-state index in [1.54, 1.807) is 6.07 Å². The number of aryl methyl sites for hydroxylation is 1. The maximum atomic E-state index is 12.4. The van der Waals surface area contributed by atoms with Gasteiger partial charge >= 0.3 is 0 Å². The Bertz CT molecular complexity index is 551. The van der Waals surface area contributed by atoms with Crippen LogP contribution in [0.15, 0.2) is 14.7 Å². The van der Waals surface area contributed by atoms with Crippen LogP contribution >= 0.6 is 27.3 Å². The van der Waals surface area contributed by atoms with E-state index in [0.29, 0.717) is 4.90 Å². The second-order valence-electron chi connectivity index (χ2n) is 5.35. The Hall–Kier alpha value is 0.0500. The predicted molar refractivity (Wildman–Crippen MR) is 86.8 cm³/mol.